The van der Waals surface area contributed by atoms with Gasteiger partial charge in [-0.25, -0.2) is 0 Å². The smallest absolute Gasteiger partial charge is 0.251 e. The minimum atomic E-state index is -0.241. The van der Waals surface area contributed by atoms with Gasteiger partial charge in [-0.15, -0.1) is 0 Å². The van der Waals surface area contributed by atoms with E-state index in [4.69, 9.17) is 0 Å². The Labute approximate surface area is 195 Å². The Morgan fingerprint density at radius 3 is 2.24 bits per heavy atom. The third kappa shape index (κ3) is 7.63. The lowest BCUT2D eigenvalue weighted by atomic mass is 9.95. The summed E-state index contributed by atoms with van der Waals surface area (Å²) in [4.78, 5) is 37.3. The molecule has 2 aromatic rings. The Balaban J connectivity index is 1.52. The fourth-order valence-electron chi connectivity index (χ4n) is 3.82. The van der Waals surface area contributed by atoms with Crippen LogP contribution in [0.2, 0.25) is 0 Å². The van der Waals surface area contributed by atoms with Gasteiger partial charge in [0.2, 0.25) is 5.91 Å². The summed E-state index contributed by atoms with van der Waals surface area (Å²) in [6, 6.07) is 14.3. The first-order valence-electron chi connectivity index (χ1n) is 11.8. The van der Waals surface area contributed by atoms with Crippen molar-refractivity contribution in [3.8, 4) is 0 Å². The van der Waals surface area contributed by atoms with Gasteiger partial charge in [0.25, 0.3) is 11.8 Å². The number of rotatable bonds is 9. The molecule has 1 unspecified atom stereocenters. The Morgan fingerprint density at radius 2 is 1.55 bits per heavy atom. The third-order valence-corrected chi connectivity index (χ3v) is 5.92. The highest BCUT2D eigenvalue weighted by Gasteiger charge is 2.17. The van der Waals surface area contributed by atoms with Gasteiger partial charge in [0.1, 0.15) is 0 Å². The predicted molar refractivity (Wildman–Crippen MR) is 132 cm³/mol. The van der Waals surface area contributed by atoms with E-state index in [0.717, 1.165) is 32.1 Å². The molecule has 1 saturated carbocycles. The van der Waals surface area contributed by atoms with E-state index in [1.807, 2.05) is 19.9 Å². The van der Waals surface area contributed by atoms with Gasteiger partial charge in [0, 0.05) is 34.6 Å². The zero-order chi connectivity index (χ0) is 23.6. The molecule has 1 aliphatic carbocycles. The molecule has 1 atom stereocenters. The summed E-state index contributed by atoms with van der Waals surface area (Å²) < 4.78 is 0. The van der Waals surface area contributed by atoms with Gasteiger partial charge in [0.15, 0.2) is 0 Å². The Morgan fingerprint density at radius 1 is 0.909 bits per heavy atom. The average Bonchev–Trinajstić information content (AvgIpc) is 2.83. The van der Waals surface area contributed by atoms with Crippen LogP contribution in [-0.4, -0.2) is 36.3 Å². The lowest BCUT2D eigenvalue weighted by Gasteiger charge is -2.22. The van der Waals surface area contributed by atoms with Crippen LogP contribution < -0.4 is 21.3 Å². The second-order valence-corrected chi connectivity index (χ2v) is 8.65. The van der Waals surface area contributed by atoms with E-state index in [1.54, 1.807) is 42.5 Å². The molecule has 1 fully saturated rings. The first-order valence-corrected chi connectivity index (χ1v) is 11.8. The van der Waals surface area contributed by atoms with E-state index in [9.17, 15) is 14.4 Å². The van der Waals surface area contributed by atoms with Gasteiger partial charge in [-0.1, -0.05) is 38.3 Å². The summed E-state index contributed by atoms with van der Waals surface area (Å²) in [5.74, 6) is -0.487. The number of carbonyl (C=O) groups excluding carboxylic acids is 3. The minimum Gasteiger partial charge on any atom is -0.376 e. The SMILES string of the molecule is CCC(C)NC(=O)c1cccc(NCC(=O)Nc2cccc(C(=O)NC3CCCCC3)c2)c1. The minimum absolute atomic E-state index is 0.0366. The summed E-state index contributed by atoms with van der Waals surface area (Å²) >= 11 is 0. The normalized spacial score (nSPS) is 14.7. The largest absolute Gasteiger partial charge is 0.376 e. The molecule has 7 nitrogen and oxygen atoms in total. The number of anilines is 2. The summed E-state index contributed by atoms with van der Waals surface area (Å²) in [5.41, 5.74) is 2.33. The lowest BCUT2D eigenvalue weighted by Crippen LogP contribution is -2.36. The van der Waals surface area contributed by atoms with E-state index in [2.05, 4.69) is 21.3 Å². The monoisotopic (exact) mass is 450 g/mol. The predicted octanol–water partition coefficient (Wildman–Crippen LogP) is 4.33. The molecule has 176 valence electrons. The van der Waals surface area contributed by atoms with Crippen molar-refractivity contribution in [3.63, 3.8) is 0 Å². The fraction of sp³-hybridized carbons (Fsp3) is 0.423. The van der Waals surface area contributed by atoms with Crippen LogP contribution in [-0.2, 0) is 4.79 Å². The second-order valence-electron chi connectivity index (χ2n) is 8.65. The van der Waals surface area contributed by atoms with Crippen LogP contribution in [0, 0.1) is 0 Å². The molecule has 3 rings (SSSR count). The molecule has 0 saturated heterocycles. The van der Waals surface area contributed by atoms with E-state index in [-0.39, 0.29) is 36.3 Å². The second kappa shape index (κ2) is 12.0. The number of hydrogen-bond donors (Lipinski definition) is 4. The Kier molecular flexibility index (Phi) is 8.87. The Hall–Kier alpha value is -3.35. The molecule has 7 heteroatoms. The molecule has 0 bridgehead atoms. The van der Waals surface area contributed by atoms with Crippen LogP contribution in [0.4, 0.5) is 11.4 Å². The maximum atomic E-state index is 12.6. The fourth-order valence-corrected chi connectivity index (χ4v) is 3.82. The zero-order valence-corrected chi connectivity index (χ0v) is 19.4. The molecule has 33 heavy (non-hydrogen) atoms. The number of hydrogen-bond acceptors (Lipinski definition) is 4. The number of benzene rings is 2. The molecular formula is C26H34N4O3. The van der Waals surface area contributed by atoms with E-state index >= 15 is 0 Å². The molecule has 0 aromatic heterocycles. The molecule has 0 spiro atoms. The topological polar surface area (TPSA) is 99.3 Å². The molecule has 0 radical (unpaired) electrons. The summed E-state index contributed by atoms with van der Waals surface area (Å²) in [6.07, 6.45) is 6.44. The summed E-state index contributed by atoms with van der Waals surface area (Å²) in [7, 11) is 0. The van der Waals surface area contributed by atoms with Gasteiger partial charge in [-0.2, -0.15) is 0 Å². The quantitative estimate of drug-likeness (QED) is 0.457. The number of nitrogens with one attached hydrogen (secondary N) is 4. The van der Waals surface area contributed by atoms with Crippen LogP contribution in [0.15, 0.2) is 48.5 Å². The first kappa shape index (κ1) is 24.3. The number of carbonyl (C=O) groups is 3. The Bertz CT molecular complexity index is 970. The van der Waals surface area contributed by atoms with Crippen LogP contribution in [0.3, 0.4) is 0 Å². The highest BCUT2D eigenvalue weighted by Crippen LogP contribution is 2.18. The zero-order valence-electron chi connectivity index (χ0n) is 19.4. The standard InChI is InChI=1S/C26H34N4O3/c1-3-18(2)28-25(32)19-9-7-13-22(15-19)27-17-24(31)29-23-14-8-10-20(16-23)26(33)30-21-11-5-4-6-12-21/h7-10,13-16,18,21,27H,3-6,11-12,17H2,1-2H3,(H,28,32)(H,29,31)(H,30,33). The molecule has 3 amide bonds. The molecule has 4 N–H and O–H groups in total. The van der Waals surface area contributed by atoms with E-state index in [1.165, 1.54) is 6.42 Å². The van der Waals surface area contributed by atoms with Crippen molar-refractivity contribution in [1.82, 2.24) is 10.6 Å². The lowest BCUT2D eigenvalue weighted by molar-refractivity contribution is -0.114. The molecule has 2 aromatic carbocycles. The van der Waals surface area contributed by atoms with Gasteiger partial charge >= 0.3 is 0 Å². The van der Waals surface area contributed by atoms with Crippen LogP contribution in [0.25, 0.3) is 0 Å². The van der Waals surface area contributed by atoms with Gasteiger partial charge in [0.05, 0.1) is 6.54 Å². The summed E-state index contributed by atoms with van der Waals surface area (Å²) in [6.45, 7) is 4.01. The van der Waals surface area contributed by atoms with E-state index in [0.29, 0.717) is 22.5 Å². The van der Waals surface area contributed by atoms with Gasteiger partial charge in [-0.3, -0.25) is 14.4 Å². The maximum Gasteiger partial charge on any atom is 0.251 e. The highest BCUT2D eigenvalue weighted by atomic mass is 16.2. The van der Waals surface area contributed by atoms with Crippen molar-refractivity contribution in [3.05, 3.63) is 59.7 Å². The van der Waals surface area contributed by atoms with E-state index < -0.39 is 0 Å². The van der Waals surface area contributed by atoms with Gasteiger partial charge in [-0.05, 0) is 62.6 Å². The maximum absolute atomic E-state index is 12.6. The molecule has 0 aliphatic heterocycles. The molecule has 0 heterocycles. The van der Waals surface area contributed by atoms with Crippen molar-refractivity contribution in [2.24, 2.45) is 0 Å². The first-order chi connectivity index (χ1) is 15.9. The van der Waals surface area contributed by atoms with Crippen molar-refractivity contribution >= 4 is 29.1 Å². The summed E-state index contributed by atoms with van der Waals surface area (Å²) in [5, 5.41) is 11.9. The highest BCUT2D eigenvalue weighted by molar-refractivity contribution is 5.98. The number of amides is 3. The van der Waals surface area contributed by atoms with Gasteiger partial charge < -0.3 is 21.3 Å². The van der Waals surface area contributed by atoms with Crippen LogP contribution in [0.5, 0.6) is 0 Å². The van der Waals surface area contributed by atoms with Crippen molar-refractivity contribution in [2.75, 3.05) is 17.2 Å². The van der Waals surface area contributed by atoms with Crippen LogP contribution in [0.1, 0.15) is 73.1 Å². The molecular weight excluding hydrogens is 416 g/mol. The van der Waals surface area contributed by atoms with Crippen molar-refractivity contribution in [1.29, 1.82) is 0 Å². The van der Waals surface area contributed by atoms with Crippen LogP contribution >= 0.6 is 0 Å². The average molecular weight is 451 g/mol. The van der Waals surface area contributed by atoms with Crippen molar-refractivity contribution < 1.29 is 14.4 Å². The third-order valence-electron chi connectivity index (χ3n) is 5.92. The van der Waals surface area contributed by atoms with Crippen molar-refractivity contribution in [2.45, 2.75) is 64.5 Å². The molecule has 1 aliphatic rings.